The third-order valence-corrected chi connectivity index (χ3v) is 3.84. The fourth-order valence-electron chi connectivity index (χ4n) is 2.43. The molecule has 1 rings (SSSR count). The van der Waals surface area contributed by atoms with Crippen LogP contribution in [0.2, 0.25) is 0 Å². The number of ether oxygens (including phenoxy) is 1. The number of methoxy groups -OCH3 is 1. The molecule has 6 heteroatoms. The van der Waals surface area contributed by atoms with Crippen molar-refractivity contribution in [1.29, 1.82) is 0 Å². The number of rotatable bonds is 7. The van der Waals surface area contributed by atoms with Crippen molar-refractivity contribution in [3.8, 4) is 0 Å². The van der Waals surface area contributed by atoms with Gasteiger partial charge >= 0.3 is 0 Å². The van der Waals surface area contributed by atoms with Crippen molar-refractivity contribution < 1.29 is 4.74 Å². The van der Waals surface area contributed by atoms with Crippen LogP contribution in [0.25, 0.3) is 0 Å². The van der Waals surface area contributed by atoms with Gasteiger partial charge in [0.15, 0.2) is 5.96 Å². The first-order valence-corrected chi connectivity index (χ1v) is 7.50. The van der Waals surface area contributed by atoms with Gasteiger partial charge in [0, 0.05) is 45.9 Å². The summed E-state index contributed by atoms with van der Waals surface area (Å²) >= 11 is 0. The first kappa shape index (κ1) is 17.2. The molecule has 0 aliphatic carbocycles. The summed E-state index contributed by atoms with van der Waals surface area (Å²) in [6.45, 7) is 11.1. The van der Waals surface area contributed by atoms with Crippen LogP contribution in [-0.4, -0.2) is 81.8 Å². The summed E-state index contributed by atoms with van der Waals surface area (Å²) in [4.78, 5) is 9.40. The number of nitrogens with two attached hydrogens (primary N) is 1. The lowest BCUT2D eigenvalue weighted by molar-refractivity contribution is 0.0925. The highest BCUT2D eigenvalue weighted by molar-refractivity contribution is 5.77. The summed E-state index contributed by atoms with van der Waals surface area (Å²) in [5.41, 5.74) is 5.87. The third kappa shape index (κ3) is 6.07. The van der Waals surface area contributed by atoms with Crippen LogP contribution in [-0.2, 0) is 4.74 Å². The van der Waals surface area contributed by atoms with Gasteiger partial charge in [-0.2, -0.15) is 0 Å². The Morgan fingerprint density at radius 2 is 1.95 bits per heavy atom. The molecule has 0 aromatic rings. The van der Waals surface area contributed by atoms with Crippen LogP contribution < -0.4 is 11.1 Å². The van der Waals surface area contributed by atoms with Gasteiger partial charge in [-0.3, -0.25) is 9.89 Å². The molecule has 0 spiro atoms. The Bertz CT molecular complexity index is 287. The number of aliphatic imine (C=N–C) groups is 1. The van der Waals surface area contributed by atoms with E-state index in [9.17, 15) is 0 Å². The normalized spacial score (nSPS) is 20.4. The molecule has 0 bridgehead atoms. The summed E-state index contributed by atoms with van der Waals surface area (Å²) in [6, 6.07) is 0.464. The molecule has 0 aromatic carbocycles. The standard InChI is InChI=1S/C14H31N5O/c1-12(2)13(19-8-6-18(3)7-9-19)11-17-14(15)16-5-10-20-4/h12-13H,5-11H2,1-4H3,(H3,15,16,17). The van der Waals surface area contributed by atoms with E-state index in [0.29, 0.717) is 31.1 Å². The molecule has 0 amide bonds. The van der Waals surface area contributed by atoms with Crippen LogP contribution in [0.1, 0.15) is 13.8 Å². The van der Waals surface area contributed by atoms with E-state index in [1.165, 1.54) is 0 Å². The Morgan fingerprint density at radius 3 is 2.50 bits per heavy atom. The second-order valence-electron chi connectivity index (χ2n) is 5.80. The molecular formula is C14H31N5O. The van der Waals surface area contributed by atoms with Crippen LogP contribution in [0, 0.1) is 5.92 Å². The van der Waals surface area contributed by atoms with Crippen molar-refractivity contribution in [3.05, 3.63) is 0 Å². The van der Waals surface area contributed by atoms with Gasteiger partial charge in [-0.25, -0.2) is 0 Å². The molecule has 1 atom stereocenters. The number of likely N-dealkylation sites (N-methyl/N-ethyl adjacent to an activating group) is 1. The molecule has 1 saturated heterocycles. The number of guanidine groups is 1. The Labute approximate surface area is 123 Å². The minimum atomic E-state index is 0.464. The lowest BCUT2D eigenvalue weighted by Crippen LogP contribution is -2.52. The summed E-state index contributed by atoms with van der Waals surface area (Å²) in [5, 5.41) is 3.06. The fourth-order valence-corrected chi connectivity index (χ4v) is 2.43. The number of nitrogens with zero attached hydrogens (tertiary/aromatic N) is 3. The zero-order valence-corrected chi connectivity index (χ0v) is 13.4. The Morgan fingerprint density at radius 1 is 1.30 bits per heavy atom. The van der Waals surface area contributed by atoms with Crippen LogP contribution in [0.4, 0.5) is 0 Å². The van der Waals surface area contributed by atoms with Gasteiger partial charge in [-0.15, -0.1) is 0 Å². The Hall–Kier alpha value is -0.850. The van der Waals surface area contributed by atoms with Crippen molar-refractivity contribution in [2.75, 3.05) is 60.0 Å². The van der Waals surface area contributed by atoms with Crippen molar-refractivity contribution in [2.45, 2.75) is 19.9 Å². The second kappa shape index (κ2) is 9.15. The molecule has 3 N–H and O–H groups in total. The summed E-state index contributed by atoms with van der Waals surface area (Å²) < 4.78 is 4.98. The molecule has 0 aromatic heterocycles. The highest BCUT2D eigenvalue weighted by atomic mass is 16.5. The van der Waals surface area contributed by atoms with Crippen molar-refractivity contribution in [1.82, 2.24) is 15.1 Å². The number of hydrogen-bond donors (Lipinski definition) is 2. The molecule has 0 radical (unpaired) electrons. The maximum atomic E-state index is 5.87. The van der Waals surface area contributed by atoms with Gasteiger partial charge in [0.1, 0.15) is 0 Å². The highest BCUT2D eigenvalue weighted by Crippen LogP contribution is 2.13. The van der Waals surface area contributed by atoms with E-state index in [0.717, 1.165) is 32.7 Å². The second-order valence-corrected chi connectivity index (χ2v) is 5.80. The van der Waals surface area contributed by atoms with Crippen LogP contribution >= 0.6 is 0 Å². The predicted octanol–water partition coefficient (Wildman–Crippen LogP) is -0.191. The first-order valence-electron chi connectivity index (χ1n) is 7.50. The van der Waals surface area contributed by atoms with E-state index >= 15 is 0 Å². The molecule has 118 valence electrons. The molecular weight excluding hydrogens is 254 g/mol. The van der Waals surface area contributed by atoms with E-state index in [1.807, 2.05) is 0 Å². The Kier molecular flexibility index (Phi) is 7.87. The van der Waals surface area contributed by atoms with E-state index in [1.54, 1.807) is 7.11 Å². The molecule has 6 nitrogen and oxygen atoms in total. The maximum absolute atomic E-state index is 5.87. The van der Waals surface area contributed by atoms with Crippen molar-refractivity contribution >= 4 is 5.96 Å². The highest BCUT2D eigenvalue weighted by Gasteiger charge is 2.24. The third-order valence-electron chi connectivity index (χ3n) is 3.84. The van der Waals surface area contributed by atoms with Gasteiger partial charge in [0.05, 0.1) is 13.2 Å². The van der Waals surface area contributed by atoms with Crippen molar-refractivity contribution in [2.24, 2.45) is 16.6 Å². The summed E-state index contributed by atoms with van der Waals surface area (Å²) in [6.07, 6.45) is 0. The molecule has 1 aliphatic heterocycles. The number of hydrogen-bond acceptors (Lipinski definition) is 4. The monoisotopic (exact) mass is 285 g/mol. The molecule has 20 heavy (non-hydrogen) atoms. The van der Waals surface area contributed by atoms with E-state index in [-0.39, 0.29) is 0 Å². The summed E-state index contributed by atoms with van der Waals surface area (Å²) in [5.74, 6) is 1.09. The van der Waals surface area contributed by atoms with Crippen molar-refractivity contribution in [3.63, 3.8) is 0 Å². The average Bonchev–Trinajstić information content (AvgIpc) is 2.41. The smallest absolute Gasteiger partial charge is 0.188 e. The minimum absolute atomic E-state index is 0.464. The van der Waals surface area contributed by atoms with E-state index in [2.05, 4.69) is 41.0 Å². The minimum Gasteiger partial charge on any atom is -0.383 e. The SMILES string of the molecule is COCCNC(N)=NCC(C(C)C)N1CCN(C)CC1. The molecule has 1 heterocycles. The quantitative estimate of drug-likeness (QED) is 0.385. The Balaban J connectivity index is 2.44. The largest absolute Gasteiger partial charge is 0.383 e. The zero-order chi connectivity index (χ0) is 15.0. The average molecular weight is 285 g/mol. The summed E-state index contributed by atoms with van der Waals surface area (Å²) in [7, 11) is 3.86. The number of nitrogens with one attached hydrogen (secondary N) is 1. The number of piperazine rings is 1. The van der Waals surface area contributed by atoms with Crippen LogP contribution in [0.3, 0.4) is 0 Å². The van der Waals surface area contributed by atoms with Gasteiger partial charge in [-0.05, 0) is 13.0 Å². The van der Waals surface area contributed by atoms with Gasteiger partial charge < -0.3 is 20.7 Å². The fraction of sp³-hybridized carbons (Fsp3) is 0.929. The van der Waals surface area contributed by atoms with Crippen LogP contribution in [0.15, 0.2) is 4.99 Å². The van der Waals surface area contributed by atoms with Crippen LogP contribution in [0.5, 0.6) is 0 Å². The van der Waals surface area contributed by atoms with Gasteiger partial charge in [-0.1, -0.05) is 13.8 Å². The molecule has 1 unspecified atom stereocenters. The maximum Gasteiger partial charge on any atom is 0.188 e. The molecule has 0 saturated carbocycles. The first-order chi connectivity index (χ1) is 9.54. The predicted molar refractivity (Wildman–Crippen MR) is 84.1 cm³/mol. The van der Waals surface area contributed by atoms with E-state index < -0.39 is 0 Å². The van der Waals surface area contributed by atoms with E-state index in [4.69, 9.17) is 10.5 Å². The molecule has 1 aliphatic rings. The lowest BCUT2D eigenvalue weighted by atomic mass is 10.0. The van der Waals surface area contributed by atoms with Gasteiger partial charge in [0.2, 0.25) is 0 Å². The van der Waals surface area contributed by atoms with Gasteiger partial charge in [0.25, 0.3) is 0 Å². The lowest BCUT2D eigenvalue weighted by Gasteiger charge is -2.39. The molecule has 1 fully saturated rings. The zero-order valence-electron chi connectivity index (χ0n) is 13.4. The topological polar surface area (TPSA) is 66.1 Å².